The van der Waals surface area contributed by atoms with Crippen LogP contribution in [0.2, 0.25) is 28.2 Å². The lowest BCUT2D eigenvalue weighted by molar-refractivity contribution is -0.274. The van der Waals surface area contributed by atoms with Crippen LogP contribution in [0.15, 0.2) is 36.4 Å². The van der Waals surface area contributed by atoms with E-state index >= 15 is 0 Å². The van der Waals surface area contributed by atoms with Crippen LogP contribution in [0.25, 0.3) is 0 Å². The average Bonchev–Trinajstić information content (AvgIpc) is 2.77. The van der Waals surface area contributed by atoms with E-state index < -0.39 is 26.3 Å². The maximum atomic E-state index is 13.3. The van der Waals surface area contributed by atoms with Crippen LogP contribution in [0.3, 0.4) is 0 Å². The standard InChI is InChI=1S/C26H34Cl2F3NO4Si/c1-25(2,3)37(6,7)35-13-12-18(17-8-10-21(27)22(28)14-17)16-32(4)24(33)20-15-19(36-26(29,30)31)9-11-23(20)34-5/h8-11,14-15,18H,12-13,16H2,1-7H3. The molecule has 11 heteroatoms. The first-order chi connectivity index (χ1) is 16.9. The molecule has 0 bridgehead atoms. The minimum Gasteiger partial charge on any atom is -0.496 e. The van der Waals surface area contributed by atoms with E-state index in [2.05, 4.69) is 38.6 Å². The van der Waals surface area contributed by atoms with E-state index in [1.807, 2.05) is 6.07 Å². The second-order valence-electron chi connectivity index (χ2n) is 10.4. The molecule has 0 aliphatic heterocycles. The predicted octanol–water partition coefficient (Wildman–Crippen LogP) is 8.17. The van der Waals surface area contributed by atoms with Crippen molar-refractivity contribution in [2.45, 2.75) is 57.6 Å². The number of halogens is 5. The maximum Gasteiger partial charge on any atom is 0.573 e. The third-order valence-corrected chi connectivity index (χ3v) is 11.9. The first-order valence-corrected chi connectivity index (χ1v) is 15.4. The van der Waals surface area contributed by atoms with Crippen molar-refractivity contribution in [3.63, 3.8) is 0 Å². The molecule has 0 saturated heterocycles. The van der Waals surface area contributed by atoms with Crippen LogP contribution in [0.1, 0.15) is 49.0 Å². The number of methoxy groups -OCH3 is 1. The Morgan fingerprint density at radius 1 is 1.05 bits per heavy atom. The minimum atomic E-state index is -4.89. The summed E-state index contributed by atoms with van der Waals surface area (Å²) in [5.41, 5.74) is 0.825. The molecule has 2 aromatic rings. The molecule has 2 rings (SSSR count). The highest BCUT2D eigenvalue weighted by molar-refractivity contribution is 6.74. The lowest BCUT2D eigenvalue weighted by Gasteiger charge is -2.36. The van der Waals surface area contributed by atoms with Crippen molar-refractivity contribution in [1.82, 2.24) is 4.90 Å². The van der Waals surface area contributed by atoms with Gasteiger partial charge in [-0.3, -0.25) is 4.79 Å². The summed E-state index contributed by atoms with van der Waals surface area (Å²) < 4.78 is 53.8. The number of likely N-dealkylation sites (N-methyl/N-ethyl adjacent to an activating group) is 1. The SMILES string of the molecule is COc1ccc(OC(F)(F)F)cc1C(=O)N(C)CC(CCO[Si](C)(C)C(C)(C)C)c1ccc(Cl)c(Cl)c1. The number of amides is 1. The highest BCUT2D eigenvalue weighted by Gasteiger charge is 2.37. The molecule has 0 aliphatic rings. The number of ether oxygens (including phenoxy) is 2. The van der Waals surface area contributed by atoms with Gasteiger partial charge in [0.25, 0.3) is 5.91 Å². The molecule has 2 aromatic carbocycles. The first-order valence-electron chi connectivity index (χ1n) is 11.7. The number of benzene rings is 2. The minimum absolute atomic E-state index is 0.0406. The molecular formula is C26H34Cl2F3NO4Si. The Morgan fingerprint density at radius 2 is 1.70 bits per heavy atom. The second kappa shape index (κ2) is 12.3. The molecule has 1 amide bonds. The molecule has 0 spiro atoms. The lowest BCUT2D eigenvalue weighted by Crippen LogP contribution is -2.41. The van der Waals surface area contributed by atoms with Crippen LogP contribution >= 0.6 is 23.2 Å². The average molecular weight is 581 g/mol. The summed E-state index contributed by atoms with van der Waals surface area (Å²) in [7, 11) is 0.927. The van der Waals surface area contributed by atoms with E-state index in [0.29, 0.717) is 23.1 Å². The van der Waals surface area contributed by atoms with Crippen molar-refractivity contribution in [3.05, 3.63) is 57.6 Å². The molecule has 1 unspecified atom stereocenters. The van der Waals surface area contributed by atoms with Gasteiger partial charge in [-0.1, -0.05) is 50.0 Å². The Balaban J connectivity index is 2.30. The highest BCUT2D eigenvalue weighted by atomic mass is 35.5. The van der Waals surface area contributed by atoms with Crippen molar-refractivity contribution in [3.8, 4) is 11.5 Å². The molecule has 5 nitrogen and oxygen atoms in total. The summed E-state index contributed by atoms with van der Waals surface area (Å²) >= 11 is 12.4. The molecule has 206 valence electrons. The van der Waals surface area contributed by atoms with Gasteiger partial charge in [0.05, 0.1) is 22.7 Å². The Labute approximate surface area is 227 Å². The number of nitrogens with zero attached hydrogens (tertiary/aromatic N) is 1. The van der Waals surface area contributed by atoms with Crippen molar-refractivity contribution >= 4 is 37.4 Å². The smallest absolute Gasteiger partial charge is 0.496 e. The van der Waals surface area contributed by atoms with Crippen molar-refractivity contribution < 1.29 is 31.9 Å². The molecule has 0 fully saturated rings. The molecule has 0 N–H and O–H groups in total. The summed E-state index contributed by atoms with van der Waals surface area (Å²) in [6.45, 7) is 11.5. The predicted molar refractivity (Wildman–Crippen MR) is 144 cm³/mol. The molecule has 0 aromatic heterocycles. The Hall–Kier alpha value is -1.94. The number of carbonyl (C=O) groups is 1. The zero-order valence-corrected chi connectivity index (χ0v) is 24.6. The fourth-order valence-corrected chi connectivity index (χ4v) is 4.84. The fraction of sp³-hybridized carbons (Fsp3) is 0.500. The molecule has 37 heavy (non-hydrogen) atoms. The Kier molecular flexibility index (Phi) is 10.4. The van der Waals surface area contributed by atoms with Gasteiger partial charge in [0, 0.05) is 26.1 Å². The summed E-state index contributed by atoms with van der Waals surface area (Å²) in [6, 6.07) is 8.70. The summed E-state index contributed by atoms with van der Waals surface area (Å²) in [4.78, 5) is 14.8. The summed E-state index contributed by atoms with van der Waals surface area (Å²) in [5, 5.41) is 0.846. The van der Waals surface area contributed by atoms with Gasteiger partial charge in [0.15, 0.2) is 8.32 Å². The Morgan fingerprint density at radius 3 is 2.24 bits per heavy atom. The number of carbonyl (C=O) groups excluding carboxylic acids is 1. The van der Waals surface area contributed by atoms with Crippen LogP contribution in [0.4, 0.5) is 13.2 Å². The normalized spacial score (nSPS) is 13.3. The topological polar surface area (TPSA) is 48.0 Å². The van der Waals surface area contributed by atoms with Gasteiger partial charge >= 0.3 is 6.36 Å². The van der Waals surface area contributed by atoms with Crippen LogP contribution < -0.4 is 9.47 Å². The van der Waals surface area contributed by atoms with Gasteiger partial charge in [0.2, 0.25) is 0 Å². The first kappa shape index (κ1) is 31.3. The van der Waals surface area contributed by atoms with E-state index in [1.165, 1.54) is 18.1 Å². The van der Waals surface area contributed by atoms with E-state index in [9.17, 15) is 18.0 Å². The highest BCUT2D eigenvalue weighted by Crippen LogP contribution is 2.37. The Bertz CT molecular complexity index is 1090. The van der Waals surface area contributed by atoms with Crippen molar-refractivity contribution in [2.24, 2.45) is 0 Å². The fourth-order valence-electron chi connectivity index (χ4n) is 3.47. The largest absolute Gasteiger partial charge is 0.573 e. The zero-order chi connectivity index (χ0) is 28.2. The molecule has 0 saturated carbocycles. The quantitative estimate of drug-likeness (QED) is 0.266. The van der Waals surface area contributed by atoms with Crippen LogP contribution in [0, 0.1) is 0 Å². The monoisotopic (exact) mass is 579 g/mol. The van der Waals surface area contributed by atoms with Gasteiger partial charge in [-0.05, 0) is 60.4 Å². The third-order valence-electron chi connectivity index (χ3n) is 6.63. The van der Waals surface area contributed by atoms with Crippen LogP contribution in [0.5, 0.6) is 11.5 Å². The van der Waals surface area contributed by atoms with Gasteiger partial charge in [-0.2, -0.15) is 0 Å². The molecule has 0 radical (unpaired) electrons. The molecule has 1 atom stereocenters. The van der Waals surface area contributed by atoms with Gasteiger partial charge in [-0.15, -0.1) is 13.2 Å². The van der Waals surface area contributed by atoms with E-state index in [4.69, 9.17) is 32.4 Å². The summed E-state index contributed by atoms with van der Waals surface area (Å²) in [6.07, 6.45) is -4.29. The molecule has 0 heterocycles. The number of hydrogen-bond acceptors (Lipinski definition) is 4. The molecule has 0 aliphatic carbocycles. The maximum absolute atomic E-state index is 13.3. The number of hydrogen-bond donors (Lipinski definition) is 0. The lowest BCUT2D eigenvalue weighted by atomic mass is 9.95. The van der Waals surface area contributed by atoms with Crippen LogP contribution in [-0.4, -0.2) is 52.8 Å². The van der Waals surface area contributed by atoms with E-state index in [0.717, 1.165) is 17.7 Å². The van der Waals surface area contributed by atoms with Gasteiger partial charge < -0.3 is 18.8 Å². The van der Waals surface area contributed by atoms with Crippen molar-refractivity contribution in [1.29, 1.82) is 0 Å². The van der Waals surface area contributed by atoms with Gasteiger partial charge in [0.1, 0.15) is 11.5 Å². The van der Waals surface area contributed by atoms with E-state index in [-0.39, 0.29) is 28.8 Å². The second-order valence-corrected chi connectivity index (χ2v) is 16.0. The van der Waals surface area contributed by atoms with Gasteiger partial charge in [-0.25, -0.2) is 0 Å². The third kappa shape index (κ3) is 8.80. The summed E-state index contributed by atoms with van der Waals surface area (Å²) in [5.74, 6) is -1.05. The number of alkyl halides is 3. The number of rotatable bonds is 10. The zero-order valence-electron chi connectivity index (χ0n) is 22.1. The molecular weight excluding hydrogens is 546 g/mol. The van der Waals surface area contributed by atoms with Crippen LogP contribution in [-0.2, 0) is 4.43 Å². The van der Waals surface area contributed by atoms with Crippen molar-refractivity contribution in [2.75, 3.05) is 27.3 Å². The van der Waals surface area contributed by atoms with E-state index in [1.54, 1.807) is 19.2 Å².